The molecule has 0 aromatic heterocycles. The molecule has 1 aromatic carbocycles. The van der Waals surface area contributed by atoms with Crippen molar-refractivity contribution in [3.05, 3.63) is 28.8 Å². The number of rotatable bonds is 3. The summed E-state index contributed by atoms with van der Waals surface area (Å²) < 4.78 is 4.87. The molecule has 0 unspecified atom stereocenters. The van der Waals surface area contributed by atoms with Gasteiger partial charge in [-0.2, -0.15) is 0 Å². The Kier molecular flexibility index (Phi) is 3.57. The van der Waals surface area contributed by atoms with Crippen LogP contribution < -0.4 is 4.74 Å². The van der Waals surface area contributed by atoms with Gasteiger partial charge in [-0.15, -0.1) is 0 Å². The van der Waals surface area contributed by atoms with E-state index in [2.05, 4.69) is 0 Å². The van der Waals surface area contributed by atoms with Gasteiger partial charge in [-0.3, -0.25) is 4.79 Å². The number of hydrogen-bond acceptors (Lipinski definition) is 4. The highest BCUT2D eigenvalue weighted by Gasteiger charge is 2.08. The first-order valence-electron chi connectivity index (χ1n) is 4.46. The number of aldehydes is 1. The van der Waals surface area contributed by atoms with E-state index in [1.807, 2.05) is 0 Å². The number of esters is 1. The van der Waals surface area contributed by atoms with Gasteiger partial charge in [0, 0.05) is 5.56 Å². The standard InChI is InChI=1S/C11H12O4/c1-7-4-10(15-11(14)6-13)8(2)3-9(7)5-12/h3-5,13H,6H2,1-2H3. The number of aliphatic hydroxyl groups excluding tert-OH is 1. The summed E-state index contributed by atoms with van der Waals surface area (Å²) in [5, 5.41) is 8.53. The average Bonchev–Trinajstić information content (AvgIpc) is 2.22. The van der Waals surface area contributed by atoms with Crippen molar-refractivity contribution < 1.29 is 19.4 Å². The van der Waals surface area contributed by atoms with Crippen molar-refractivity contribution in [3.8, 4) is 5.75 Å². The van der Waals surface area contributed by atoms with Gasteiger partial charge in [0.2, 0.25) is 0 Å². The van der Waals surface area contributed by atoms with Crippen molar-refractivity contribution in [3.63, 3.8) is 0 Å². The van der Waals surface area contributed by atoms with Crippen LogP contribution in [0, 0.1) is 13.8 Å². The van der Waals surface area contributed by atoms with Crippen LogP contribution in [0.3, 0.4) is 0 Å². The Morgan fingerprint density at radius 3 is 2.60 bits per heavy atom. The summed E-state index contributed by atoms with van der Waals surface area (Å²) in [6.45, 7) is 2.82. The predicted octanol–water partition coefficient (Wildman–Crippen LogP) is 1.01. The first-order chi connectivity index (χ1) is 7.08. The summed E-state index contributed by atoms with van der Waals surface area (Å²) in [4.78, 5) is 21.5. The molecule has 4 nitrogen and oxygen atoms in total. The molecule has 0 aliphatic carbocycles. The number of carbonyl (C=O) groups excluding carboxylic acids is 2. The van der Waals surface area contributed by atoms with Gasteiger partial charge in [-0.1, -0.05) is 0 Å². The summed E-state index contributed by atoms with van der Waals surface area (Å²) in [6, 6.07) is 3.24. The van der Waals surface area contributed by atoms with Crippen molar-refractivity contribution in [1.29, 1.82) is 0 Å². The molecule has 80 valence electrons. The molecule has 0 heterocycles. The number of aliphatic hydroxyl groups is 1. The maximum atomic E-state index is 10.9. The number of hydrogen-bond donors (Lipinski definition) is 1. The summed E-state index contributed by atoms with van der Waals surface area (Å²) in [6.07, 6.45) is 0.750. The van der Waals surface area contributed by atoms with Crippen molar-refractivity contribution in [2.75, 3.05) is 6.61 Å². The van der Waals surface area contributed by atoms with Gasteiger partial charge in [0.05, 0.1) is 0 Å². The molecule has 1 N–H and O–H groups in total. The van der Waals surface area contributed by atoms with Gasteiger partial charge in [0.15, 0.2) is 0 Å². The molecule has 0 aliphatic heterocycles. The normalized spacial score (nSPS) is 9.80. The molecule has 0 aliphatic rings. The lowest BCUT2D eigenvalue weighted by Gasteiger charge is -2.08. The van der Waals surface area contributed by atoms with Crippen molar-refractivity contribution in [2.24, 2.45) is 0 Å². The number of aryl methyl sites for hydroxylation is 2. The first-order valence-corrected chi connectivity index (χ1v) is 4.46. The molecule has 0 fully saturated rings. The summed E-state index contributed by atoms with van der Waals surface area (Å²) in [7, 11) is 0. The van der Waals surface area contributed by atoms with E-state index in [0.29, 0.717) is 16.9 Å². The molecule has 0 saturated carbocycles. The van der Waals surface area contributed by atoms with Gasteiger partial charge in [-0.05, 0) is 37.1 Å². The third-order valence-corrected chi connectivity index (χ3v) is 2.04. The van der Waals surface area contributed by atoms with E-state index < -0.39 is 12.6 Å². The van der Waals surface area contributed by atoms with E-state index in [-0.39, 0.29) is 0 Å². The molecule has 0 saturated heterocycles. The van der Waals surface area contributed by atoms with Crippen LogP contribution in [0.5, 0.6) is 5.75 Å². The fraction of sp³-hybridized carbons (Fsp3) is 0.273. The molecular formula is C11H12O4. The maximum Gasteiger partial charge on any atom is 0.337 e. The van der Waals surface area contributed by atoms with Crippen LogP contribution in [-0.4, -0.2) is 24.0 Å². The number of benzene rings is 1. The Hall–Kier alpha value is -1.68. The summed E-state index contributed by atoms with van der Waals surface area (Å²) in [5.41, 5.74) is 1.98. The van der Waals surface area contributed by atoms with Gasteiger partial charge < -0.3 is 9.84 Å². The van der Waals surface area contributed by atoms with E-state index >= 15 is 0 Å². The molecule has 15 heavy (non-hydrogen) atoms. The second kappa shape index (κ2) is 4.70. The fourth-order valence-corrected chi connectivity index (χ4v) is 1.20. The molecule has 0 radical (unpaired) electrons. The van der Waals surface area contributed by atoms with Crippen LogP contribution in [-0.2, 0) is 4.79 Å². The minimum atomic E-state index is -0.712. The second-order valence-electron chi connectivity index (χ2n) is 3.22. The Bertz CT molecular complexity index is 396. The molecule has 1 rings (SSSR count). The largest absolute Gasteiger partial charge is 0.425 e. The zero-order valence-corrected chi connectivity index (χ0v) is 8.61. The predicted molar refractivity (Wildman–Crippen MR) is 54.0 cm³/mol. The average molecular weight is 208 g/mol. The van der Waals surface area contributed by atoms with Crippen LogP contribution in [0.4, 0.5) is 0 Å². The van der Waals surface area contributed by atoms with E-state index in [0.717, 1.165) is 11.8 Å². The monoisotopic (exact) mass is 208 g/mol. The molecule has 0 amide bonds. The van der Waals surface area contributed by atoms with Crippen molar-refractivity contribution in [2.45, 2.75) is 13.8 Å². The van der Waals surface area contributed by atoms with Gasteiger partial charge in [-0.25, -0.2) is 4.79 Å². The Balaban J connectivity index is 3.05. The SMILES string of the molecule is Cc1cc(OC(=O)CO)c(C)cc1C=O. The Morgan fingerprint density at radius 1 is 1.40 bits per heavy atom. The van der Waals surface area contributed by atoms with Gasteiger partial charge in [0.25, 0.3) is 0 Å². The van der Waals surface area contributed by atoms with Crippen LogP contribution in [0.1, 0.15) is 21.5 Å². The van der Waals surface area contributed by atoms with Gasteiger partial charge in [0.1, 0.15) is 18.6 Å². The van der Waals surface area contributed by atoms with Crippen LogP contribution in [0.2, 0.25) is 0 Å². The lowest BCUT2D eigenvalue weighted by atomic mass is 10.1. The highest BCUT2D eigenvalue weighted by Crippen LogP contribution is 2.22. The molecule has 0 spiro atoms. The van der Waals surface area contributed by atoms with Crippen molar-refractivity contribution in [1.82, 2.24) is 0 Å². The van der Waals surface area contributed by atoms with Crippen LogP contribution >= 0.6 is 0 Å². The van der Waals surface area contributed by atoms with E-state index in [1.54, 1.807) is 26.0 Å². The maximum absolute atomic E-state index is 10.9. The third kappa shape index (κ3) is 2.63. The molecule has 0 atom stereocenters. The lowest BCUT2D eigenvalue weighted by Crippen LogP contribution is -2.13. The zero-order chi connectivity index (χ0) is 11.4. The fourth-order valence-electron chi connectivity index (χ4n) is 1.20. The molecule has 4 heteroatoms. The molecule has 0 bridgehead atoms. The Morgan fingerprint density at radius 2 is 2.07 bits per heavy atom. The van der Waals surface area contributed by atoms with Crippen LogP contribution in [0.15, 0.2) is 12.1 Å². The van der Waals surface area contributed by atoms with Gasteiger partial charge >= 0.3 is 5.97 Å². The zero-order valence-electron chi connectivity index (χ0n) is 8.61. The van der Waals surface area contributed by atoms with Crippen LogP contribution in [0.25, 0.3) is 0 Å². The quantitative estimate of drug-likeness (QED) is 0.457. The van der Waals surface area contributed by atoms with E-state index in [9.17, 15) is 9.59 Å². The first kappa shape index (κ1) is 11.4. The highest BCUT2D eigenvalue weighted by molar-refractivity contribution is 5.79. The lowest BCUT2D eigenvalue weighted by molar-refractivity contribution is -0.137. The minimum Gasteiger partial charge on any atom is -0.425 e. The molecular weight excluding hydrogens is 196 g/mol. The minimum absolute atomic E-state index is 0.372. The number of ether oxygens (including phenoxy) is 1. The van der Waals surface area contributed by atoms with Crippen molar-refractivity contribution >= 4 is 12.3 Å². The number of carbonyl (C=O) groups is 2. The summed E-state index contributed by atoms with van der Waals surface area (Å²) in [5.74, 6) is -0.339. The van der Waals surface area contributed by atoms with E-state index in [4.69, 9.17) is 9.84 Å². The molecule has 1 aromatic rings. The topological polar surface area (TPSA) is 63.6 Å². The van der Waals surface area contributed by atoms with E-state index in [1.165, 1.54) is 0 Å². The third-order valence-electron chi connectivity index (χ3n) is 2.04. The summed E-state index contributed by atoms with van der Waals surface area (Å²) >= 11 is 0. The highest BCUT2D eigenvalue weighted by atomic mass is 16.5. The smallest absolute Gasteiger partial charge is 0.337 e. The Labute approximate surface area is 87.5 Å². The second-order valence-corrected chi connectivity index (χ2v) is 3.22.